The summed E-state index contributed by atoms with van der Waals surface area (Å²) in [6, 6.07) is 15.0. The fourth-order valence-electron chi connectivity index (χ4n) is 2.51. The number of carboxylic acids is 1. The third-order valence-electron chi connectivity index (χ3n) is 3.93. The minimum absolute atomic E-state index is 0.0498. The molecule has 9 heteroatoms. The normalized spacial score (nSPS) is 10.7. The van der Waals surface area contributed by atoms with E-state index in [0.29, 0.717) is 32.5 Å². The summed E-state index contributed by atoms with van der Waals surface area (Å²) in [7, 11) is 0. The van der Waals surface area contributed by atoms with Gasteiger partial charge in [0.2, 0.25) is 0 Å². The van der Waals surface area contributed by atoms with Gasteiger partial charge >= 0.3 is 5.97 Å². The number of hydrogen-bond acceptors (Lipinski definition) is 6. The molecule has 150 valence electrons. The maximum absolute atomic E-state index is 12.0. The summed E-state index contributed by atoms with van der Waals surface area (Å²) in [5.74, 6) is -0.217. The lowest BCUT2D eigenvalue weighted by molar-refractivity contribution is 0.0692. The van der Waals surface area contributed by atoms with Gasteiger partial charge in [-0.05, 0) is 29.5 Å². The van der Waals surface area contributed by atoms with Crippen LogP contribution in [0.2, 0.25) is 10.0 Å². The number of rotatable bonds is 8. The Balaban J connectivity index is 1.89. The quantitative estimate of drug-likeness (QED) is 0.236. The van der Waals surface area contributed by atoms with Crippen LogP contribution in [0, 0.1) is 0 Å². The van der Waals surface area contributed by atoms with Gasteiger partial charge in [-0.25, -0.2) is 14.8 Å². The van der Waals surface area contributed by atoms with Gasteiger partial charge < -0.3 is 10.4 Å². The van der Waals surface area contributed by atoms with Gasteiger partial charge in [-0.3, -0.25) is 0 Å². The average molecular weight is 466 g/mol. The standard InChI is InChI=1S/C20H17Cl2N3O2S2/c1-28-20-24-17(23-10-13-7-8-14(21)9-15(13)22)16(19(26)27)18(25-20)29-11-12-5-3-2-4-6-12/h2-9H,10-11H2,1H3,(H,26,27)(H,23,24,25). The van der Waals surface area contributed by atoms with E-state index in [2.05, 4.69) is 15.3 Å². The zero-order chi connectivity index (χ0) is 20.8. The second kappa shape index (κ2) is 10.2. The van der Waals surface area contributed by atoms with E-state index in [1.54, 1.807) is 18.2 Å². The molecule has 0 saturated carbocycles. The van der Waals surface area contributed by atoms with Crippen LogP contribution < -0.4 is 5.32 Å². The van der Waals surface area contributed by atoms with Crippen LogP contribution in [0.3, 0.4) is 0 Å². The molecular weight excluding hydrogens is 449 g/mol. The Morgan fingerprint density at radius 3 is 2.55 bits per heavy atom. The molecule has 0 bridgehead atoms. The average Bonchev–Trinajstić information content (AvgIpc) is 2.71. The van der Waals surface area contributed by atoms with Crippen molar-refractivity contribution in [2.45, 2.75) is 22.5 Å². The first-order chi connectivity index (χ1) is 14.0. The molecule has 1 heterocycles. The molecule has 3 aromatic rings. The lowest BCUT2D eigenvalue weighted by Crippen LogP contribution is -2.12. The summed E-state index contributed by atoms with van der Waals surface area (Å²) in [6.07, 6.45) is 1.85. The zero-order valence-corrected chi connectivity index (χ0v) is 18.5. The molecule has 5 nitrogen and oxygen atoms in total. The Kier molecular flexibility index (Phi) is 7.66. The summed E-state index contributed by atoms with van der Waals surface area (Å²) in [5, 5.41) is 14.9. The lowest BCUT2D eigenvalue weighted by Gasteiger charge is -2.14. The number of carboxylic acid groups (broad SMARTS) is 1. The van der Waals surface area contributed by atoms with E-state index in [9.17, 15) is 9.90 Å². The molecule has 0 saturated heterocycles. The molecule has 0 radical (unpaired) electrons. The van der Waals surface area contributed by atoms with Crippen molar-refractivity contribution >= 4 is 58.5 Å². The third kappa shape index (κ3) is 5.79. The Hall–Kier alpha value is -1.93. The first-order valence-electron chi connectivity index (χ1n) is 8.51. The van der Waals surface area contributed by atoms with E-state index in [1.807, 2.05) is 36.6 Å². The molecule has 0 fully saturated rings. The third-order valence-corrected chi connectivity index (χ3v) is 6.11. The van der Waals surface area contributed by atoms with Gasteiger partial charge in [0, 0.05) is 22.3 Å². The molecule has 3 rings (SSSR count). The molecule has 0 aliphatic carbocycles. The smallest absolute Gasteiger partial charge is 0.342 e. The molecule has 1 aromatic heterocycles. The van der Waals surface area contributed by atoms with E-state index < -0.39 is 5.97 Å². The van der Waals surface area contributed by atoms with Crippen LogP contribution >= 0.6 is 46.7 Å². The molecule has 2 aromatic carbocycles. The highest BCUT2D eigenvalue weighted by Gasteiger charge is 2.21. The number of carbonyl (C=O) groups is 1. The monoisotopic (exact) mass is 465 g/mol. The van der Waals surface area contributed by atoms with E-state index in [0.717, 1.165) is 11.1 Å². The number of nitrogens with one attached hydrogen (secondary N) is 1. The van der Waals surface area contributed by atoms with Crippen LogP contribution in [-0.2, 0) is 12.3 Å². The predicted octanol–water partition coefficient (Wildman–Crippen LogP) is 6.11. The fraction of sp³-hybridized carbons (Fsp3) is 0.150. The second-order valence-electron chi connectivity index (χ2n) is 5.91. The van der Waals surface area contributed by atoms with E-state index in [4.69, 9.17) is 23.2 Å². The molecule has 0 spiro atoms. The van der Waals surface area contributed by atoms with Crippen molar-refractivity contribution in [3.8, 4) is 0 Å². The van der Waals surface area contributed by atoms with Gasteiger partial charge in [0.25, 0.3) is 0 Å². The van der Waals surface area contributed by atoms with Crippen molar-refractivity contribution in [2.24, 2.45) is 0 Å². The predicted molar refractivity (Wildman–Crippen MR) is 121 cm³/mol. The summed E-state index contributed by atoms with van der Waals surface area (Å²) in [4.78, 5) is 20.8. The number of aromatic carboxylic acids is 1. The molecule has 0 aliphatic rings. The first-order valence-corrected chi connectivity index (χ1v) is 11.5. The number of halogens is 2. The largest absolute Gasteiger partial charge is 0.477 e. The Bertz CT molecular complexity index is 1020. The van der Waals surface area contributed by atoms with Crippen LogP contribution in [0.5, 0.6) is 0 Å². The lowest BCUT2D eigenvalue weighted by atomic mass is 10.2. The van der Waals surface area contributed by atoms with Crippen molar-refractivity contribution in [2.75, 3.05) is 11.6 Å². The maximum Gasteiger partial charge on any atom is 0.342 e. The number of thioether (sulfide) groups is 2. The topological polar surface area (TPSA) is 75.1 Å². The van der Waals surface area contributed by atoms with Crippen LogP contribution in [0.1, 0.15) is 21.5 Å². The van der Waals surface area contributed by atoms with Crippen molar-refractivity contribution in [3.63, 3.8) is 0 Å². The molecule has 0 amide bonds. The van der Waals surface area contributed by atoms with Crippen LogP contribution in [0.15, 0.2) is 58.7 Å². The zero-order valence-electron chi connectivity index (χ0n) is 15.4. The highest BCUT2D eigenvalue weighted by atomic mass is 35.5. The van der Waals surface area contributed by atoms with Crippen LogP contribution in [0.25, 0.3) is 0 Å². The molecule has 2 N–H and O–H groups in total. The van der Waals surface area contributed by atoms with Gasteiger partial charge in [-0.2, -0.15) is 0 Å². The van der Waals surface area contributed by atoms with Crippen molar-refractivity contribution in [1.82, 2.24) is 9.97 Å². The number of aromatic nitrogens is 2. The van der Waals surface area contributed by atoms with Crippen molar-refractivity contribution in [1.29, 1.82) is 0 Å². The van der Waals surface area contributed by atoms with Gasteiger partial charge in [0.15, 0.2) is 5.16 Å². The van der Waals surface area contributed by atoms with Gasteiger partial charge in [0.05, 0.1) is 0 Å². The van der Waals surface area contributed by atoms with Gasteiger partial charge in [0.1, 0.15) is 16.4 Å². The summed E-state index contributed by atoms with van der Waals surface area (Å²) >= 11 is 14.9. The van der Waals surface area contributed by atoms with Crippen LogP contribution in [0.4, 0.5) is 5.82 Å². The Morgan fingerprint density at radius 2 is 1.90 bits per heavy atom. The number of hydrogen-bond donors (Lipinski definition) is 2. The minimum atomic E-state index is -1.09. The molecule has 0 aliphatic heterocycles. The van der Waals surface area contributed by atoms with Crippen LogP contribution in [-0.4, -0.2) is 27.3 Å². The van der Waals surface area contributed by atoms with Crippen molar-refractivity contribution < 1.29 is 9.90 Å². The SMILES string of the molecule is CSc1nc(NCc2ccc(Cl)cc2Cl)c(C(=O)O)c(SCc2ccccc2)n1. The molecule has 0 unspecified atom stereocenters. The summed E-state index contributed by atoms with van der Waals surface area (Å²) in [6.45, 7) is 0.309. The maximum atomic E-state index is 12.0. The molecule has 0 atom stereocenters. The summed E-state index contributed by atoms with van der Waals surface area (Å²) < 4.78 is 0. The first kappa shape index (κ1) is 21.8. The highest BCUT2D eigenvalue weighted by molar-refractivity contribution is 7.99. The number of anilines is 1. The Morgan fingerprint density at radius 1 is 1.14 bits per heavy atom. The van der Waals surface area contributed by atoms with E-state index >= 15 is 0 Å². The van der Waals surface area contributed by atoms with Gasteiger partial charge in [-0.15, -0.1) is 11.8 Å². The number of nitrogens with zero attached hydrogens (tertiary/aromatic N) is 2. The minimum Gasteiger partial charge on any atom is -0.477 e. The molecule has 29 heavy (non-hydrogen) atoms. The van der Waals surface area contributed by atoms with Gasteiger partial charge in [-0.1, -0.05) is 71.4 Å². The number of benzene rings is 2. The highest BCUT2D eigenvalue weighted by Crippen LogP contribution is 2.31. The Labute approximate surface area is 187 Å². The summed E-state index contributed by atoms with van der Waals surface area (Å²) in [5.41, 5.74) is 1.92. The second-order valence-corrected chi connectivity index (χ2v) is 8.49. The van der Waals surface area contributed by atoms with E-state index in [-0.39, 0.29) is 11.4 Å². The molecular formula is C20H17Cl2N3O2S2. The fourth-order valence-corrected chi connectivity index (χ4v) is 4.38. The van der Waals surface area contributed by atoms with E-state index in [1.165, 1.54) is 23.5 Å². The van der Waals surface area contributed by atoms with Crippen molar-refractivity contribution in [3.05, 3.63) is 75.3 Å².